The number of carbonyl (C=O) groups excluding carboxylic acids is 2. The zero-order valence-electron chi connectivity index (χ0n) is 15.4. The van der Waals surface area contributed by atoms with Gasteiger partial charge in [0.25, 0.3) is 11.8 Å². The lowest BCUT2D eigenvalue weighted by Crippen LogP contribution is -2.29. The van der Waals surface area contributed by atoms with E-state index in [1.54, 1.807) is 35.9 Å². The number of imidazole rings is 1. The number of ether oxygens (including phenoxy) is 1. The first-order valence-electron chi connectivity index (χ1n) is 8.68. The second-order valence-electron chi connectivity index (χ2n) is 6.16. The van der Waals surface area contributed by atoms with Crippen molar-refractivity contribution in [3.05, 3.63) is 71.3 Å². The number of amides is 2. The van der Waals surface area contributed by atoms with Crippen molar-refractivity contribution >= 4 is 17.3 Å². The van der Waals surface area contributed by atoms with Crippen LogP contribution in [-0.4, -0.2) is 41.5 Å². The highest BCUT2D eigenvalue weighted by molar-refractivity contribution is 6.02. The zero-order valence-corrected chi connectivity index (χ0v) is 15.4. The van der Waals surface area contributed by atoms with Crippen LogP contribution in [-0.2, 0) is 11.3 Å². The monoisotopic (exact) mass is 366 g/mol. The van der Waals surface area contributed by atoms with Gasteiger partial charge < -0.3 is 15.4 Å². The molecule has 140 valence electrons. The summed E-state index contributed by atoms with van der Waals surface area (Å²) in [4.78, 5) is 29.4. The van der Waals surface area contributed by atoms with Crippen molar-refractivity contribution in [1.29, 1.82) is 0 Å². The predicted molar refractivity (Wildman–Crippen MR) is 102 cm³/mol. The summed E-state index contributed by atoms with van der Waals surface area (Å²) in [5.41, 5.74) is 2.94. The van der Waals surface area contributed by atoms with Gasteiger partial charge in [-0.3, -0.25) is 14.0 Å². The quantitative estimate of drug-likeness (QED) is 0.626. The summed E-state index contributed by atoms with van der Waals surface area (Å²) >= 11 is 0. The molecule has 3 aromatic rings. The molecule has 0 atom stereocenters. The summed E-state index contributed by atoms with van der Waals surface area (Å²) in [5.74, 6) is -0.510. The maximum Gasteiger partial charge on any atom is 0.287 e. The summed E-state index contributed by atoms with van der Waals surface area (Å²) in [5, 5.41) is 5.60. The van der Waals surface area contributed by atoms with Crippen LogP contribution in [0.1, 0.15) is 32.2 Å². The Morgan fingerprint density at radius 3 is 2.74 bits per heavy atom. The fourth-order valence-corrected chi connectivity index (χ4v) is 2.80. The highest BCUT2D eigenvalue weighted by Crippen LogP contribution is 2.14. The Morgan fingerprint density at radius 1 is 1.11 bits per heavy atom. The van der Waals surface area contributed by atoms with Crippen LogP contribution in [0.5, 0.6) is 0 Å². The third-order valence-electron chi connectivity index (χ3n) is 4.09. The number of nitrogens with zero attached hydrogens (tertiary/aromatic N) is 2. The molecule has 0 spiro atoms. The normalized spacial score (nSPS) is 10.7. The predicted octanol–water partition coefficient (Wildman–Crippen LogP) is 1.95. The lowest BCUT2D eigenvalue weighted by atomic mass is 10.1. The van der Waals surface area contributed by atoms with Crippen molar-refractivity contribution < 1.29 is 14.3 Å². The van der Waals surface area contributed by atoms with Crippen molar-refractivity contribution in [1.82, 2.24) is 20.0 Å². The Balaban J connectivity index is 1.81. The van der Waals surface area contributed by atoms with E-state index in [1.807, 2.05) is 31.2 Å². The Hall–Kier alpha value is -3.19. The fourth-order valence-electron chi connectivity index (χ4n) is 2.80. The third kappa shape index (κ3) is 4.32. The van der Waals surface area contributed by atoms with Gasteiger partial charge in [0.05, 0.1) is 12.1 Å². The number of rotatable bonds is 7. The van der Waals surface area contributed by atoms with E-state index in [0.717, 1.165) is 11.1 Å². The minimum atomic E-state index is -0.356. The second kappa shape index (κ2) is 8.46. The first-order chi connectivity index (χ1) is 13.1. The Kier molecular flexibility index (Phi) is 5.83. The Bertz CT molecular complexity index is 965. The number of pyridine rings is 1. The smallest absolute Gasteiger partial charge is 0.287 e. The van der Waals surface area contributed by atoms with Gasteiger partial charge in [0.1, 0.15) is 0 Å². The van der Waals surface area contributed by atoms with Gasteiger partial charge in [0.2, 0.25) is 5.82 Å². The van der Waals surface area contributed by atoms with E-state index in [9.17, 15) is 9.59 Å². The van der Waals surface area contributed by atoms with Crippen molar-refractivity contribution in [2.24, 2.45) is 0 Å². The maximum atomic E-state index is 12.7. The average molecular weight is 366 g/mol. The van der Waals surface area contributed by atoms with Crippen LogP contribution < -0.4 is 10.6 Å². The minimum Gasteiger partial charge on any atom is -0.383 e. The SMILES string of the molecule is COCCNC(=O)c1nc(C(=O)NCc2cccc(C)c2)c2ccccn12. The number of aromatic nitrogens is 2. The maximum absolute atomic E-state index is 12.7. The molecule has 0 saturated heterocycles. The van der Waals surface area contributed by atoms with Gasteiger partial charge in [0, 0.05) is 26.4 Å². The van der Waals surface area contributed by atoms with Gasteiger partial charge in [-0.25, -0.2) is 4.98 Å². The number of nitrogens with one attached hydrogen (secondary N) is 2. The lowest BCUT2D eigenvalue weighted by molar-refractivity contribution is 0.0926. The number of hydrogen-bond acceptors (Lipinski definition) is 4. The highest BCUT2D eigenvalue weighted by atomic mass is 16.5. The van der Waals surface area contributed by atoms with E-state index in [-0.39, 0.29) is 23.3 Å². The molecule has 0 radical (unpaired) electrons. The third-order valence-corrected chi connectivity index (χ3v) is 4.09. The molecule has 2 N–H and O–H groups in total. The van der Waals surface area contributed by atoms with E-state index in [0.29, 0.717) is 25.2 Å². The molecule has 27 heavy (non-hydrogen) atoms. The largest absolute Gasteiger partial charge is 0.383 e. The summed E-state index contributed by atoms with van der Waals surface area (Å²) in [6.45, 7) is 3.16. The average Bonchev–Trinajstić information content (AvgIpc) is 3.06. The number of fused-ring (bicyclic) bond motifs is 1. The Labute approximate surface area is 157 Å². The van der Waals surface area contributed by atoms with Crippen molar-refractivity contribution in [3.63, 3.8) is 0 Å². The summed E-state index contributed by atoms with van der Waals surface area (Å²) < 4.78 is 6.55. The van der Waals surface area contributed by atoms with Crippen molar-refractivity contribution in [3.8, 4) is 0 Å². The van der Waals surface area contributed by atoms with E-state index < -0.39 is 0 Å². The van der Waals surface area contributed by atoms with E-state index in [2.05, 4.69) is 15.6 Å². The molecule has 7 nitrogen and oxygen atoms in total. The standard InChI is InChI=1S/C20H22N4O3/c1-14-6-5-7-15(12-14)13-22-19(25)17-16-8-3-4-10-24(16)18(23-17)20(26)21-9-11-27-2/h3-8,10,12H,9,11,13H2,1-2H3,(H,21,26)(H,22,25). The number of hydrogen-bond donors (Lipinski definition) is 2. The molecular weight excluding hydrogens is 344 g/mol. The van der Waals surface area contributed by atoms with Gasteiger partial charge in [-0.1, -0.05) is 35.9 Å². The van der Waals surface area contributed by atoms with Crippen LogP contribution in [0.4, 0.5) is 0 Å². The summed E-state index contributed by atoms with van der Waals surface area (Å²) in [6, 6.07) is 13.3. The first-order valence-corrected chi connectivity index (χ1v) is 8.68. The van der Waals surface area contributed by atoms with Gasteiger partial charge in [-0.2, -0.15) is 0 Å². The molecule has 0 aliphatic heterocycles. The molecule has 2 amide bonds. The second-order valence-corrected chi connectivity index (χ2v) is 6.16. The molecule has 2 heterocycles. The summed E-state index contributed by atoms with van der Waals surface area (Å²) in [6.07, 6.45) is 1.71. The van der Waals surface area contributed by atoms with Crippen LogP contribution in [0.15, 0.2) is 48.7 Å². The number of carbonyl (C=O) groups is 2. The molecule has 0 aliphatic carbocycles. The minimum absolute atomic E-state index is 0.169. The first kappa shape index (κ1) is 18.6. The number of methoxy groups -OCH3 is 1. The summed E-state index contributed by atoms with van der Waals surface area (Å²) in [7, 11) is 1.56. The fraction of sp³-hybridized carbons (Fsp3) is 0.250. The molecule has 7 heteroatoms. The van der Waals surface area contributed by atoms with Crippen LogP contribution in [0.3, 0.4) is 0 Å². The van der Waals surface area contributed by atoms with Gasteiger partial charge in [-0.05, 0) is 24.6 Å². The number of aryl methyl sites for hydroxylation is 1. The molecule has 2 aromatic heterocycles. The van der Waals surface area contributed by atoms with Gasteiger partial charge >= 0.3 is 0 Å². The molecule has 0 aliphatic rings. The van der Waals surface area contributed by atoms with E-state index in [4.69, 9.17) is 4.74 Å². The van der Waals surface area contributed by atoms with Gasteiger partial charge in [0.15, 0.2) is 5.69 Å². The van der Waals surface area contributed by atoms with Crippen molar-refractivity contribution in [2.75, 3.05) is 20.3 Å². The van der Waals surface area contributed by atoms with E-state index in [1.165, 1.54) is 0 Å². The topological polar surface area (TPSA) is 84.7 Å². The lowest BCUT2D eigenvalue weighted by Gasteiger charge is -2.05. The molecular formula is C20H22N4O3. The molecule has 0 fully saturated rings. The highest BCUT2D eigenvalue weighted by Gasteiger charge is 2.21. The van der Waals surface area contributed by atoms with Crippen LogP contribution in [0.25, 0.3) is 5.52 Å². The Morgan fingerprint density at radius 2 is 1.96 bits per heavy atom. The molecule has 0 bridgehead atoms. The zero-order chi connectivity index (χ0) is 19.2. The van der Waals surface area contributed by atoms with Gasteiger partial charge in [-0.15, -0.1) is 0 Å². The molecule has 1 aromatic carbocycles. The molecule has 3 rings (SSSR count). The molecule has 0 saturated carbocycles. The van der Waals surface area contributed by atoms with Crippen LogP contribution in [0.2, 0.25) is 0 Å². The number of benzene rings is 1. The van der Waals surface area contributed by atoms with Crippen molar-refractivity contribution in [2.45, 2.75) is 13.5 Å². The van der Waals surface area contributed by atoms with Crippen LogP contribution in [0, 0.1) is 6.92 Å². The van der Waals surface area contributed by atoms with Crippen LogP contribution >= 0.6 is 0 Å². The van der Waals surface area contributed by atoms with E-state index >= 15 is 0 Å². The molecule has 0 unspecified atom stereocenters.